The second-order valence-electron chi connectivity index (χ2n) is 6.73. The number of benzene rings is 1. The van der Waals surface area contributed by atoms with Crippen molar-refractivity contribution in [2.24, 2.45) is 0 Å². The van der Waals surface area contributed by atoms with Crippen molar-refractivity contribution in [1.29, 1.82) is 0 Å². The zero-order valence-electron chi connectivity index (χ0n) is 13.2. The number of fused-ring (bicyclic) bond motifs is 1. The predicted octanol–water partition coefficient (Wildman–Crippen LogP) is 2.03. The van der Waals surface area contributed by atoms with E-state index in [-0.39, 0.29) is 12.7 Å². The number of hydrogen-bond donors (Lipinski definition) is 1. The number of ether oxygens (including phenoxy) is 2. The van der Waals surface area contributed by atoms with E-state index in [9.17, 15) is 5.11 Å². The zero-order valence-corrected chi connectivity index (χ0v) is 13.2. The third-order valence-electron chi connectivity index (χ3n) is 5.05. The molecular weight excluding hydrogens is 310 g/mol. The third kappa shape index (κ3) is 2.39. The molecule has 1 saturated carbocycles. The van der Waals surface area contributed by atoms with E-state index in [1.165, 1.54) is 0 Å². The van der Waals surface area contributed by atoms with Crippen LogP contribution in [0.1, 0.15) is 42.6 Å². The van der Waals surface area contributed by atoms with E-state index < -0.39 is 6.10 Å². The van der Waals surface area contributed by atoms with E-state index in [0.29, 0.717) is 18.4 Å². The minimum absolute atomic E-state index is 0.0746. The Balaban J connectivity index is 1.31. The molecule has 1 aliphatic carbocycles. The van der Waals surface area contributed by atoms with E-state index >= 15 is 0 Å². The number of anilines is 1. The van der Waals surface area contributed by atoms with Gasteiger partial charge >= 0.3 is 0 Å². The summed E-state index contributed by atoms with van der Waals surface area (Å²) in [5.74, 6) is 3.38. The molecule has 24 heavy (non-hydrogen) atoms. The Bertz CT molecular complexity index is 758. The van der Waals surface area contributed by atoms with Gasteiger partial charge in [-0.1, -0.05) is 6.07 Å². The molecule has 1 N–H and O–H groups in total. The quantitative estimate of drug-likeness (QED) is 0.922. The van der Waals surface area contributed by atoms with Crippen molar-refractivity contribution >= 4 is 5.95 Å². The highest BCUT2D eigenvalue weighted by atomic mass is 16.7. The Kier molecular flexibility index (Phi) is 3.16. The van der Waals surface area contributed by atoms with Gasteiger partial charge in [-0.2, -0.15) is 4.98 Å². The van der Waals surface area contributed by atoms with Crippen molar-refractivity contribution in [1.82, 2.24) is 10.1 Å². The van der Waals surface area contributed by atoms with Crippen LogP contribution in [-0.2, 0) is 0 Å². The van der Waals surface area contributed by atoms with Crippen molar-refractivity contribution in [3.63, 3.8) is 0 Å². The van der Waals surface area contributed by atoms with Gasteiger partial charge in [-0.05, 0) is 42.1 Å². The zero-order chi connectivity index (χ0) is 16.1. The highest BCUT2D eigenvalue weighted by molar-refractivity contribution is 5.46. The van der Waals surface area contributed by atoms with Gasteiger partial charge in [0.05, 0.1) is 6.10 Å². The molecule has 5 rings (SSSR count). The van der Waals surface area contributed by atoms with Gasteiger partial charge in [0, 0.05) is 24.9 Å². The Morgan fingerprint density at radius 1 is 1.12 bits per heavy atom. The average Bonchev–Trinajstić information content (AvgIpc) is 3.15. The lowest BCUT2D eigenvalue weighted by molar-refractivity contribution is 0.129. The monoisotopic (exact) mass is 329 g/mol. The van der Waals surface area contributed by atoms with Gasteiger partial charge in [0.1, 0.15) is 0 Å². The van der Waals surface area contributed by atoms with Crippen LogP contribution in [0.2, 0.25) is 0 Å². The Morgan fingerprint density at radius 3 is 2.83 bits per heavy atom. The van der Waals surface area contributed by atoms with Gasteiger partial charge in [-0.3, -0.25) is 0 Å². The molecule has 1 aromatic heterocycles. The van der Waals surface area contributed by atoms with E-state index in [2.05, 4.69) is 10.1 Å². The lowest BCUT2D eigenvalue weighted by Gasteiger charge is -2.35. The minimum atomic E-state index is -0.484. The summed E-state index contributed by atoms with van der Waals surface area (Å²) in [6.07, 6.45) is 2.61. The molecule has 2 fully saturated rings. The molecule has 2 aliphatic heterocycles. The van der Waals surface area contributed by atoms with Crippen LogP contribution < -0.4 is 14.4 Å². The molecule has 0 bridgehead atoms. The lowest BCUT2D eigenvalue weighted by Crippen LogP contribution is -2.43. The average molecular weight is 329 g/mol. The Morgan fingerprint density at radius 2 is 2.00 bits per heavy atom. The molecule has 1 aromatic carbocycles. The number of aliphatic hydroxyl groups is 1. The fourth-order valence-electron chi connectivity index (χ4n) is 3.50. The summed E-state index contributed by atoms with van der Waals surface area (Å²) in [4.78, 5) is 6.48. The van der Waals surface area contributed by atoms with Crippen LogP contribution in [0.4, 0.5) is 5.95 Å². The number of piperidine rings is 1. The van der Waals surface area contributed by atoms with Crippen molar-refractivity contribution in [2.75, 3.05) is 24.8 Å². The van der Waals surface area contributed by atoms with Gasteiger partial charge in [-0.15, -0.1) is 0 Å². The first-order valence-electron chi connectivity index (χ1n) is 8.44. The fraction of sp³-hybridized carbons (Fsp3) is 0.529. The molecule has 3 aliphatic rings. The first-order chi connectivity index (χ1) is 11.8. The van der Waals surface area contributed by atoms with Crippen LogP contribution in [0.25, 0.3) is 0 Å². The van der Waals surface area contributed by atoms with Gasteiger partial charge in [-0.25, -0.2) is 0 Å². The third-order valence-corrected chi connectivity index (χ3v) is 5.05. The largest absolute Gasteiger partial charge is 0.454 e. The fourth-order valence-corrected chi connectivity index (χ4v) is 3.50. The predicted molar refractivity (Wildman–Crippen MR) is 84.4 cm³/mol. The maximum absolute atomic E-state index is 10.6. The van der Waals surface area contributed by atoms with Crippen LogP contribution in [0.15, 0.2) is 22.7 Å². The van der Waals surface area contributed by atoms with Crippen LogP contribution in [0.3, 0.4) is 0 Å². The topological polar surface area (TPSA) is 80.9 Å². The highest BCUT2D eigenvalue weighted by Crippen LogP contribution is 2.40. The Labute approximate surface area is 139 Å². The van der Waals surface area contributed by atoms with Crippen molar-refractivity contribution < 1.29 is 19.1 Å². The van der Waals surface area contributed by atoms with Crippen LogP contribution in [0.5, 0.6) is 11.5 Å². The Hall–Kier alpha value is -2.28. The molecule has 0 amide bonds. The molecule has 0 spiro atoms. The SMILES string of the molecule is O[C@@H]1CN(c2noc(C3CC3)n2)CC[C@H]1c1ccc2c(c1)OCO2. The molecule has 3 heterocycles. The molecule has 1 saturated heterocycles. The van der Waals surface area contributed by atoms with Gasteiger partial charge in [0.15, 0.2) is 11.5 Å². The lowest BCUT2D eigenvalue weighted by atomic mass is 9.87. The van der Waals surface area contributed by atoms with Gasteiger partial charge in [0.25, 0.3) is 5.95 Å². The summed E-state index contributed by atoms with van der Waals surface area (Å²) in [7, 11) is 0. The summed E-state index contributed by atoms with van der Waals surface area (Å²) in [5, 5.41) is 14.7. The van der Waals surface area contributed by atoms with Crippen molar-refractivity contribution in [3.05, 3.63) is 29.7 Å². The summed E-state index contributed by atoms with van der Waals surface area (Å²) < 4.78 is 16.1. The second kappa shape index (κ2) is 5.37. The molecule has 126 valence electrons. The van der Waals surface area contributed by atoms with E-state index in [4.69, 9.17) is 14.0 Å². The summed E-state index contributed by atoms with van der Waals surface area (Å²) in [6.45, 7) is 1.56. The number of hydrogen-bond acceptors (Lipinski definition) is 7. The van der Waals surface area contributed by atoms with Crippen LogP contribution in [-0.4, -0.2) is 41.2 Å². The number of β-amino-alcohol motifs (C(OH)–C–C–N with tert-alkyl or cyclic N) is 1. The smallest absolute Gasteiger partial charge is 0.266 e. The van der Waals surface area contributed by atoms with Crippen LogP contribution >= 0.6 is 0 Å². The molecule has 7 nitrogen and oxygen atoms in total. The number of aromatic nitrogens is 2. The van der Waals surface area contributed by atoms with Gasteiger partial charge in [0.2, 0.25) is 12.7 Å². The van der Waals surface area contributed by atoms with Crippen LogP contribution in [0, 0.1) is 0 Å². The number of aliphatic hydroxyl groups excluding tert-OH is 1. The first-order valence-corrected chi connectivity index (χ1v) is 8.44. The maximum Gasteiger partial charge on any atom is 0.266 e. The summed E-state index contributed by atoms with van der Waals surface area (Å²) >= 11 is 0. The molecule has 0 unspecified atom stereocenters. The minimum Gasteiger partial charge on any atom is -0.454 e. The van der Waals surface area contributed by atoms with E-state index in [1.807, 2.05) is 23.1 Å². The van der Waals surface area contributed by atoms with E-state index in [1.54, 1.807) is 0 Å². The van der Waals surface area contributed by atoms with Crippen molar-refractivity contribution in [2.45, 2.75) is 37.2 Å². The normalized spacial score (nSPS) is 26.0. The summed E-state index contributed by atoms with van der Waals surface area (Å²) in [5.41, 5.74) is 1.08. The molecule has 0 radical (unpaired) electrons. The molecular formula is C17H19N3O4. The van der Waals surface area contributed by atoms with E-state index in [0.717, 1.165) is 48.8 Å². The number of nitrogens with zero attached hydrogens (tertiary/aromatic N) is 3. The standard InChI is InChI=1S/C17H19N3O4/c21-13-8-20(17-18-16(24-19-17)10-1-2-10)6-5-12(13)11-3-4-14-15(7-11)23-9-22-14/h3-4,7,10,12-13,21H,1-2,5-6,8-9H2/t12-,13+/m0/s1. The van der Waals surface area contributed by atoms with Gasteiger partial charge < -0.3 is 24.0 Å². The summed E-state index contributed by atoms with van der Waals surface area (Å²) in [6, 6.07) is 5.90. The first kappa shape index (κ1) is 14.1. The maximum atomic E-state index is 10.6. The number of rotatable bonds is 3. The highest BCUT2D eigenvalue weighted by Gasteiger charge is 2.34. The van der Waals surface area contributed by atoms with Crippen molar-refractivity contribution in [3.8, 4) is 11.5 Å². The molecule has 7 heteroatoms. The molecule has 2 aromatic rings. The second-order valence-corrected chi connectivity index (χ2v) is 6.73. The molecule has 2 atom stereocenters.